The molecule has 4 rings (SSSR count). The van der Waals surface area contributed by atoms with Crippen molar-refractivity contribution in [1.82, 2.24) is 19.7 Å². The third-order valence-electron chi connectivity index (χ3n) is 6.17. The third-order valence-corrected chi connectivity index (χ3v) is 6.50. The number of alkyl halides is 2. The summed E-state index contributed by atoms with van der Waals surface area (Å²) in [6.45, 7) is 3.35. The van der Waals surface area contributed by atoms with Crippen LogP contribution in [-0.2, 0) is 30.3 Å². The highest BCUT2D eigenvalue weighted by Gasteiger charge is 2.39. The topological polar surface area (TPSA) is 71.2 Å². The summed E-state index contributed by atoms with van der Waals surface area (Å²) in [5.74, 6) is -0.123. The maximum absolute atomic E-state index is 13.4. The minimum Gasteiger partial charge on any atom is -0.379 e. The van der Waals surface area contributed by atoms with E-state index in [-0.39, 0.29) is 23.9 Å². The average Bonchev–Trinajstić information content (AvgIpc) is 3.10. The average molecular weight is 449 g/mol. The Kier molecular flexibility index (Phi) is 5.47. The lowest BCUT2D eigenvalue weighted by molar-refractivity contribution is -0.133. The number of fused-ring (bicyclic) bond motifs is 2. The number of aryl methyl sites for hydroxylation is 1. The van der Waals surface area contributed by atoms with Gasteiger partial charge >= 0.3 is 0 Å². The van der Waals surface area contributed by atoms with Gasteiger partial charge in [-0.3, -0.25) is 9.48 Å². The summed E-state index contributed by atoms with van der Waals surface area (Å²) < 4.78 is 28.5. The fourth-order valence-electron chi connectivity index (χ4n) is 4.36. The lowest BCUT2D eigenvalue weighted by Crippen LogP contribution is -2.41. The van der Waals surface area contributed by atoms with Crippen LogP contribution in [0.25, 0.3) is 11.0 Å². The van der Waals surface area contributed by atoms with Crippen LogP contribution >= 0.6 is 11.6 Å². The number of rotatable bonds is 4. The van der Waals surface area contributed by atoms with Gasteiger partial charge in [0.1, 0.15) is 5.60 Å². The number of aliphatic hydroxyl groups is 1. The van der Waals surface area contributed by atoms with E-state index in [1.165, 1.54) is 12.3 Å². The summed E-state index contributed by atoms with van der Waals surface area (Å²) in [4.78, 5) is 19.2. The van der Waals surface area contributed by atoms with E-state index in [9.17, 15) is 18.7 Å². The normalized spacial score (nSPS) is 18.3. The minimum atomic E-state index is -2.91. The van der Waals surface area contributed by atoms with Gasteiger partial charge in [0.05, 0.1) is 23.7 Å². The van der Waals surface area contributed by atoms with E-state index in [1.807, 2.05) is 13.0 Å². The zero-order chi connectivity index (χ0) is 22.5. The molecule has 164 valence electrons. The van der Waals surface area contributed by atoms with Crippen molar-refractivity contribution in [2.75, 3.05) is 6.54 Å². The predicted octanol–water partition coefficient (Wildman–Crippen LogP) is 3.78. The first-order valence-electron chi connectivity index (χ1n) is 10.00. The van der Waals surface area contributed by atoms with E-state index in [4.69, 9.17) is 11.6 Å². The van der Waals surface area contributed by atoms with E-state index in [2.05, 4.69) is 10.1 Å². The van der Waals surface area contributed by atoms with Gasteiger partial charge in [-0.25, -0.2) is 13.8 Å². The van der Waals surface area contributed by atoms with Crippen LogP contribution in [0.3, 0.4) is 0 Å². The monoisotopic (exact) mass is 448 g/mol. The number of nitrogens with zero attached hydrogens (tertiary/aromatic N) is 4. The SMILES string of the molecule is C[C@H]1c2cccc(C(C)(O)C(F)F)c2CCN1C(=O)Cc1c(Cl)cnc2c1cnn2C. The van der Waals surface area contributed by atoms with Crippen molar-refractivity contribution in [2.45, 2.75) is 44.8 Å². The first kappa shape index (κ1) is 21.6. The molecule has 0 bridgehead atoms. The highest BCUT2D eigenvalue weighted by molar-refractivity contribution is 6.32. The number of aromatic nitrogens is 3. The van der Waals surface area contributed by atoms with Crippen LogP contribution in [0.15, 0.2) is 30.6 Å². The van der Waals surface area contributed by atoms with E-state index in [0.717, 1.165) is 17.9 Å². The smallest absolute Gasteiger partial charge is 0.270 e. The molecule has 9 heteroatoms. The molecule has 0 fully saturated rings. The van der Waals surface area contributed by atoms with Crippen LogP contribution in [0.2, 0.25) is 5.02 Å². The maximum Gasteiger partial charge on any atom is 0.270 e. The summed E-state index contributed by atoms with van der Waals surface area (Å²) in [7, 11) is 1.77. The van der Waals surface area contributed by atoms with E-state index in [0.29, 0.717) is 34.8 Å². The standard InChI is InChI=1S/C22H23ClF2N4O2/c1-12-13-5-4-6-17(22(2,31)21(24)25)14(13)7-8-29(12)19(30)9-15-16-10-27-28(3)20(16)26-11-18(15)23/h4-6,10-12,21,31H,7-9H2,1-3H3/t12-,22?/m0/s1. The molecule has 1 amide bonds. The number of hydrogen-bond acceptors (Lipinski definition) is 4. The Hall–Kier alpha value is -2.58. The molecule has 3 aromatic rings. The van der Waals surface area contributed by atoms with Crippen LogP contribution in [0.1, 0.15) is 42.1 Å². The molecule has 1 N–H and O–H groups in total. The molecular weight excluding hydrogens is 426 g/mol. The van der Waals surface area contributed by atoms with Crippen LogP contribution in [-0.4, -0.2) is 43.6 Å². The molecule has 3 heterocycles. The van der Waals surface area contributed by atoms with Crippen molar-refractivity contribution in [1.29, 1.82) is 0 Å². The highest BCUT2D eigenvalue weighted by Crippen LogP contribution is 2.38. The van der Waals surface area contributed by atoms with Crippen molar-refractivity contribution >= 4 is 28.5 Å². The summed E-state index contributed by atoms with van der Waals surface area (Å²) in [5, 5.41) is 15.7. The van der Waals surface area contributed by atoms with Gasteiger partial charge in [-0.05, 0) is 42.5 Å². The number of pyridine rings is 1. The number of benzene rings is 1. The van der Waals surface area contributed by atoms with Crippen LogP contribution in [0.5, 0.6) is 0 Å². The third kappa shape index (κ3) is 3.57. The van der Waals surface area contributed by atoms with Gasteiger partial charge in [-0.15, -0.1) is 0 Å². The molecule has 0 spiro atoms. The largest absolute Gasteiger partial charge is 0.379 e. The second kappa shape index (κ2) is 7.84. The molecule has 1 aliphatic rings. The fraction of sp³-hybridized carbons (Fsp3) is 0.409. The fourth-order valence-corrected chi connectivity index (χ4v) is 4.57. The maximum atomic E-state index is 13.4. The molecule has 1 aromatic carbocycles. The van der Waals surface area contributed by atoms with Gasteiger partial charge in [-0.2, -0.15) is 5.10 Å². The molecule has 1 aliphatic heterocycles. The van der Waals surface area contributed by atoms with E-state index < -0.39 is 12.0 Å². The zero-order valence-electron chi connectivity index (χ0n) is 17.4. The van der Waals surface area contributed by atoms with Crippen molar-refractivity contribution in [3.63, 3.8) is 0 Å². The number of carbonyl (C=O) groups excluding carboxylic acids is 1. The van der Waals surface area contributed by atoms with Crippen LogP contribution in [0.4, 0.5) is 8.78 Å². The Morgan fingerprint density at radius 2 is 2.13 bits per heavy atom. The first-order chi connectivity index (χ1) is 14.6. The van der Waals surface area contributed by atoms with Gasteiger partial charge in [0.15, 0.2) is 5.65 Å². The van der Waals surface area contributed by atoms with Crippen molar-refractivity contribution in [2.24, 2.45) is 7.05 Å². The Morgan fingerprint density at radius 3 is 2.84 bits per heavy atom. The Morgan fingerprint density at radius 1 is 1.39 bits per heavy atom. The quantitative estimate of drug-likeness (QED) is 0.659. The van der Waals surface area contributed by atoms with Crippen LogP contribution in [0, 0.1) is 0 Å². The molecule has 1 unspecified atom stereocenters. The summed E-state index contributed by atoms with van der Waals surface area (Å²) in [6, 6.07) is 4.68. The molecule has 0 saturated heterocycles. The number of carbonyl (C=O) groups is 1. The summed E-state index contributed by atoms with van der Waals surface area (Å²) in [5.41, 5.74) is 0.730. The van der Waals surface area contributed by atoms with Gasteiger partial charge in [0.2, 0.25) is 5.91 Å². The number of amides is 1. The Balaban J connectivity index is 1.64. The van der Waals surface area contributed by atoms with Crippen LogP contribution < -0.4 is 0 Å². The highest BCUT2D eigenvalue weighted by atomic mass is 35.5. The molecule has 6 nitrogen and oxygen atoms in total. The molecule has 2 atom stereocenters. The van der Waals surface area contributed by atoms with Gasteiger partial charge in [0.25, 0.3) is 6.43 Å². The predicted molar refractivity (Wildman–Crippen MR) is 113 cm³/mol. The van der Waals surface area contributed by atoms with Crippen molar-refractivity contribution < 1.29 is 18.7 Å². The second-order valence-electron chi connectivity index (χ2n) is 8.10. The molecular formula is C22H23ClF2N4O2. The molecule has 0 saturated carbocycles. The number of hydrogen-bond donors (Lipinski definition) is 1. The lowest BCUT2D eigenvalue weighted by Gasteiger charge is -2.38. The first-order valence-corrected chi connectivity index (χ1v) is 10.4. The molecule has 31 heavy (non-hydrogen) atoms. The summed E-state index contributed by atoms with van der Waals surface area (Å²) >= 11 is 6.34. The van der Waals surface area contributed by atoms with Crippen molar-refractivity contribution in [3.8, 4) is 0 Å². The Bertz CT molecular complexity index is 1160. The minimum absolute atomic E-state index is 0.0810. The van der Waals surface area contributed by atoms with Gasteiger partial charge < -0.3 is 10.0 Å². The second-order valence-corrected chi connectivity index (χ2v) is 8.51. The Labute approximate surface area is 183 Å². The van der Waals surface area contributed by atoms with E-state index in [1.54, 1.807) is 28.9 Å². The van der Waals surface area contributed by atoms with Gasteiger partial charge in [-0.1, -0.05) is 29.8 Å². The van der Waals surface area contributed by atoms with E-state index >= 15 is 0 Å². The molecule has 2 aromatic heterocycles. The summed E-state index contributed by atoms with van der Waals surface area (Å²) in [6.07, 6.45) is 0.713. The molecule has 0 radical (unpaired) electrons. The van der Waals surface area contributed by atoms with Crippen molar-refractivity contribution in [3.05, 3.63) is 57.9 Å². The van der Waals surface area contributed by atoms with Gasteiger partial charge in [0, 0.05) is 25.2 Å². The number of halogens is 3. The zero-order valence-corrected chi connectivity index (χ0v) is 18.2. The molecule has 0 aliphatic carbocycles. The lowest BCUT2D eigenvalue weighted by atomic mass is 9.83.